The second-order valence-electron chi connectivity index (χ2n) is 2.69. The van der Waals surface area contributed by atoms with Crippen molar-refractivity contribution in [1.29, 1.82) is 0 Å². The molecule has 0 radical (unpaired) electrons. The number of fused-ring (bicyclic) bond motifs is 1. The van der Waals surface area contributed by atoms with Gasteiger partial charge in [0.05, 0.1) is 9.26 Å². The third-order valence-corrected chi connectivity index (χ3v) is 2.62. The first-order valence-electron chi connectivity index (χ1n) is 3.87. The lowest BCUT2D eigenvalue weighted by molar-refractivity contribution is -0.107. The first kappa shape index (κ1) is 8.68. The highest BCUT2D eigenvalue weighted by molar-refractivity contribution is 14.1. The number of hydrogen-bond acceptors (Lipinski definition) is 2. The molecule has 2 aromatic rings. The maximum atomic E-state index is 10.3. The van der Waals surface area contributed by atoms with Gasteiger partial charge >= 0.3 is 0 Å². The van der Waals surface area contributed by atoms with Crippen LogP contribution in [0, 0.1) is 3.57 Å². The second kappa shape index (κ2) is 3.45. The Morgan fingerprint density at radius 3 is 3.15 bits per heavy atom. The van der Waals surface area contributed by atoms with E-state index < -0.39 is 0 Å². The highest BCUT2D eigenvalue weighted by Crippen LogP contribution is 2.12. The summed E-state index contributed by atoms with van der Waals surface area (Å²) >= 11 is 2.23. The van der Waals surface area contributed by atoms with E-state index in [1.54, 1.807) is 0 Å². The fraction of sp³-hybridized carbons (Fsp3) is 0.111. The van der Waals surface area contributed by atoms with E-state index in [4.69, 9.17) is 0 Å². The van der Waals surface area contributed by atoms with Crippen molar-refractivity contribution in [3.63, 3.8) is 0 Å². The molecule has 0 amide bonds. The molecule has 0 bridgehead atoms. The molecule has 2 rings (SSSR count). The summed E-state index contributed by atoms with van der Waals surface area (Å²) in [5.41, 5.74) is 1.74. The zero-order valence-corrected chi connectivity index (χ0v) is 8.93. The van der Waals surface area contributed by atoms with Gasteiger partial charge in [0.15, 0.2) is 5.65 Å². The normalized spacial score (nSPS) is 10.5. The first-order valence-corrected chi connectivity index (χ1v) is 4.95. The van der Waals surface area contributed by atoms with E-state index in [2.05, 4.69) is 27.6 Å². The molecule has 4 heteroatoms. The average Bonchev–Trinajstić information content (AvgIpc) is 2.49. The molecule has 0 N–H and O–H groups in total. The van der Waals surface area contributed by atoms with Gasteiger partial charge in [-0.05, 0) is 34.7 Å². The molecule has 2 heterocycles. The van der Waals surface area contributed by atoms with Crippen LogP contribution in [0.4, 0.5) is 0 Å². The minimum atomic E-state index is 0.387. The lowest BCUT2D eigenvalue weighted by Gasteiger charge is -1.92. The zero-order chi connectivity index (χ0) is 9.26. The van der Waals surface area contributed by atoms with Gasteiger partial charge in [0.1, 0.15) is 6.29 Å². The van der Waals surface area contributed by atoms with Crippen molar-refractivity contribution in [3.05, 3.63) is 33.8 Å². The summed E-state index contributed by atoms with van der Waals surface area (Å²) in [5.74, 6) is 0. The molecule has 0 saturated heterocycles. The summed E-state index contributed by atoms with van der Waals surface area (Å²) in [6, 6.07) is 3.95. The van der Waals surface area contributed by atoms with Crippen molar-refractivity contribution < 1.29 is 4.79 Å². The van der Waals surface area contributed by atoms with Gasteiger partial charge in [-0.3, -0.25) is 0 Å². The smallest absolute Gasteiger partial charge is 0.150 e. The van der Waals surface area contributed by atoms with Gasteiger partial charge < -0.3 is 9.20 Å². The highest BCUT2D eigenvalue weighted by Gasteiger charge is 2.02. The van der Waals surface area contributed by atoms with E-state index in [0.717, 1.165) is 21.2 Å². The molecule has 0 saturated carbocycles. The highest BCUT2D eigenvalue weighted by atomic mass is 127. The lowest BCUT2D eigenvalue weighted by Crippen LogP contribution is -1.84. The van der Waals surface area contributed by atoms with Crippen LogP contribution in [0.25, 0.3) is 5.65 Å². The average molecular weight is 286 g/mol. The van der Waals surface area contributed by atoms with Crippen molar-refractivity contribution in [1.82, 2.24) is 9.38 Å². The van der Waals surface area contributed by atoms with Crippen molar-refractivity contribution in [3.8, 4) is 0 Å². The summed E-state index contributed by atoms with van der Waals surface area (Å²) in [7, 11) is 0. The van der Waals surface area contributed by atoms with E-state index in [0.29, 0.717) is 6.42 Å². The number of nitrogens with zero attached hydrogens (tertiary/aromatic N) is 2. The predicted molar refractivity (Wildman–Crippen MR) is 57.7 cm³/mol. The summed E-state index contributed by atoms with van der Waals surface area (Å²) in [6.07, 6.45) is 5.07. The van der Waals surface area contributed by atoms with Crippen LogP contribution in [0.3, 0.4) is 0 Å². The van der Waals surface area contributed by atoms with Gasteiger partial charge in [0.25, 0.3) is 0 Å². The monoisotopic (exact) mass is 286 g/mol. The van der Waals surface area contributed by atoms with Crippen LogP contribution in [-0.4, -0.2) is 15.7 Å². The molecule has 0 unspecified atom stereocenters. The second-order valence-corrected chi connectivity index (χ2v) is 3.85. The SMILES string of the molecule is O=CCc1cn2cccc(I)c2n1. The maximum absolute atomic E-state index is 10.3. The van der Waals surface area contributed by atoms with Crippen molar-refractivity contribution in [2.75, 3.05) is 0 Å². The molecule has 0 atom stereocenters. The number of halogens is 1. The van der Waals surface area contributed by atoms with Crippen LogP contribution in [0.1, 0.15) is 5.69 Å². The minimum absolute atomic E-state index is 0.387. The predicted octanol–water partition coefficient (Wildman–Crippen LogP) is 1.68. The summed E-state index contributed by atoms with van der Waals surface area (Å²) in [5, 5.41) is 0. The molecule has 2 aromatic heterocycles. The van der Waals surface area contributed by atoms with E-state index in [9.17, 15) is 4.79 Å². The molecule has 3 nitrogen and oxygen atoms in total. The summed E-state index contributed by atoms with van der Waals surface area (Å²) in [4.78, 5) is 14.6. The quantitative estimate of drug-likeness (QED) is 0.622. The first-order chi connectivity index (χ1) is 6.31. The Morgan fingerprint density at radius 1 is 1.62 bits per heavy atom. The molecule has 0 aliphatic heterocycles. The number of rotatable bonds is 2. The Hall–Kier alpha value is -0.910. The molecule has 0 aromatic carbocycles. The third-order valence-electron chi connectivity index (χ3n) is 1.78. The number of aldehydes is 1. The maximum Gasteiger partial charge on any atom is 0.150 e. The Balaban J connectivity index is 2.61. The minimum Gasteiger partial charge on any atom is -0.306 e. The Morgan fingerprint density at radius 2 is 2.46 bits per heavy atom. The van der Waals surface area contributed by atoms with Crippen LogP contribution < -0.4 is 0 Å². The largest absolute Gasteiger partial charge is 0.306 e. The van der Waals surface area contributed by atoms with Crippen LogP contribution in [-0.2, 0) is 11.2 Å². The number of hydrogen-bond donors (Lipinski definition) is 0. The van der Waals surface area contributed by atoms with Crippen LogP contribution in [0.5, 0.6) is 0 Å². The molecule has 0 aliphatic rings. The van der Waals surface area contributed by atoms with Crippen molar-refractivity contribution >= 4 is 34.5 Å². The van der Waals surface area contributed by atoms with E-state index in [1.807, 2.05) is 28.9 Å². The Kier molecular flexibility index (Phi) is 2.30. The van der Waals surface area contributed by atoms with E-state index in [-0.39, 0.29) is 0 Å². The number of carbonyl (C=O) groups excluding carboxylic acids is 1. The van der Waals surface area contributed by atoms with Gasteiger partial charge in [-0.2, -0.15) is 0 Å². The Bertz CT molecular complexity index is 450. The van der Waals surface area contributed by atoms with Crippen LogP contribution >= 0.6 is 22.6 Å². The fourth-order valence-electron chi connectivity index (χ4n) is 1.21. The molecule has 0 spiro atoms. The third kappa shape index (κ3) is 1.58. The van der Waals surface area contributed by atoms with Gasteiger partial charge in [-0.15, -0.1) is 0 Å². The van der Waals surface area contributed by atoms with Crippen LogP contribution in [0.15, 0.2) is 24.5 Å². The van der Waals surface area contributed by atoms with Crippen molar-refractivity contribution in [2.45, 2.75) is 6.42 Å². The standard InChI is InChI=1S/C9H7IN2O/c10-8-2-1-4-12-6-7(3-5-13)11-9(8)12/h1-2,4-6H,3H2. The fourth-order valence-corrected chi connectivity index (χ4v) is 1.82. The lowest BCUT2D eigenvalue weighted by atomic mass is 10.4. The van der Waals surface area contributed by atoms with Gasteiger partial charge in [-0.25, -0.2) is 4.98 Å². The number of pyridine rings is 1. The zero-order valence-electron chi connectivity index (χ0n) is 6.77. The molecular weight excluding hydrogens is 279 g/mol. The van der Waals surface area contributed by atoms with Gasteiger partial charge in [-0.1, -0.05) is 0 Å². The topological polar surface area (TPSA) is 34.4 Å². The van der Waals surface area contributed by atoms with E-state index >= 15 is 0 Å². The molecule has 0 fully saturated rings. The van der Waals surface area contributed by atoms with E-state index in [1.165, 1.54) is 0 Å². The summed E-state index contributed by atoms with van der Waals surface area (Å²) < 4.78 is 3.03. The molecular formula is C9H7IN2O. The van der Waals surface area contributed by atoms with Gasteiger partial charge in [0.2, 0.25) is 0 Å². The molecule has 0 aliphatic carbocycles. The van der Waals surface area contributed by atoms with Crippen LogP contribution in [0.2, 0.25) is 0 Å². The molecule has 13 heavy (non-hydrogen) atoms. The number of aromatic nitrogens is 2. The van der Waals surface area contributed by atoms with Gasteiger partial charge in [0, 0.05) is 18.8 Å². The number of carbonyl (C=O) groups is 1. The summed E-state index contributed by atoms with van der Waals surface area (Å²) in [6.45, 7) is 0. The Labute approximate surface area is 88.9 Å². The number of imidazole rings is 1. The molecule has 66 valence electrons. The van der Waals surface area contributed by atoms with Crippen molar-refractivity contribution in [2.24, 2.45) is 0 Å².